The van der Waals surface area contributed by atoms with Crippen LogP contribution in [0.1, 0.15) is 6.92 Å². The lowest BCUT2D eigenvalue weighted by Gasteiger charge is -2.14. The van der Waals surface area contributed by atoms with Gasteiger partial charge in [0, 0.05) is 24.2 Å². The molecule has 0 aromatic heterocycles. The molecule has 0 saturated heterocycles. The number of carbonyl (C=O) groups excluding carboxylic acids is 1. The van der Waals surface area contributed by atoms with Crippen molar-refractivity contribution in [3.8, 4) is 11.1 Å². The first-order chi connectivity index (χ1) is 12.7. The quantitative estimate of drug-likeness (QED) is 0.449. The van der Waals surface area contributed by atoms with E-state index in [0.29, 0.717) is 11.4 Å². The second-order valence-electron chi connectivity index (χ2n) is 6.17. The van der Waals surface area contributed by atoms with Crippen molar-refractivity contribution in [2.24, 2.45) is 0 Å². The Labute approximate surface area is 150 Å². The molecule has 0 atom stereocenters. The van der Waals surface area contributed by atoms with Crippen molar-refractivity contribution in [2.45, 2.75) is 6.92 Å². The second-order valence-corrected chi connectivity index (χ2v) is 6.17. The number of anilines is 1. The number of hydrogen-bond donors (Lipinski definition) is 1. The first-order valence-electron chi connectivity index (χ1n) is 8.35. The van der Waals surface area contributed by atoms with Crippen LogP contribution in [0.2, 0.25) is 0 Å². The van der Waals surface area contributed by atoms with Crippen molar-refractivity contribution >= 4 is 38.8 Å². The molecule has 26 heavy (non-hydrogen) atoms. The van der Waals surface area contributed by atoms with Crippen molar-refractivity contribution in [3.05, 3.63) is 77.8 Å². The van der Waals surface area contributed by atoms with Crippen LogP contribution in [0.15, 0.2) is 72.8 Å². The molecular formula is C22H16N3O+. The van der Waals surface area contributed by atoms with Gasteiger partial charge in [0.15, 0.2) is 4.98 Å². The number of nitrogens with zero attached hydrogens (tertiary/aromatic N) is 2. The molecule has 4 aromatic rings. The van der Waals surface area contributed by atoms with Crippen molar-refractivity contribution < 1.29 is 4.79 Å². The van der Waals surface area contributed by atoms with Gasteiger partial charge in [0.1, 0.15) is 0 Å². The van der Waals surface area contributed by atoms with Crippen LogP contribution in [0.4, 0.5) is 11.4 Å². The molecule has 0 aliphatic heterocycles. The third-order valence-electron chi connectivity index (χ3n) is 4.50. The standard InChI is InChI=1S/C22H15N3O/c1-14(26)24-19-12-10-15-6-2-4-8-17(15)21(19)22-18-9-5-3-7-16(18)11-13-20(22)25-23/h2-13H,1H3/p+1. The Morgan fingerprint density at radius 2 is 1.38 bits per heavy atom. The summed E-state index contributed by atoms with van der Waals surface area (Å²) in [6.07, 6.45) is 0. The van der Waals surface area contributed by atoms with Gasteiger partial charge >= 0.3 is 5.69 Å². The Kier molecular flexibility index (Phi) is 3.83. The van der Waals surface area contributed by atoms with Gasteiger partial charge in [-0.3, -0.25) is 4.79 Å². The van der Waals surface area contributed by atoms with Crippen molar-refractivity contribution in [1.82, 2.24) is 0 Å². The number of diazo groups is 1. The van der Waals surface area contributed by atoms with Crippen molar-refractivity contribution in [1.29, 1.82) is 5.39 Å². The summed E-state index contributed by atoms with van der Waals surface area (Å²) in [5.41, 5.74) is 2.80. The highest BCUT2D eigenvalue weighted by Gasteiger charge is 2.23. The van der Waals surface area contributed by atoms with Crippen LogP contribution >= 0.6 is 0 Å². The minimum atomic E-state index is -0.149. The van der Waals surface area contributed by atoms with Gasteiger partial charge in [0.2, 0.25) is 11.3 Å². The number of nitrogens with one attached hydrogen (secondary N) is 1. The summed E-state index contributed by atoms with van der Waals surface area (Å²) < 4.78 is 0. The van der Waals surface area contributed by atoms with E-state index in [1.165, 1.54) is 6.92 Å². The van der Waals surface area contributed by atoms with Crippen LogP contribution in [0.3, 0.4) is 0 Å². The van der Waals surface area contributed by atoms with Gasteiger partial charge in [-0.1, -0.05) is 54.6 Å². The highest BCUT2D eigenvalue weighted by molar-refractivity contribution is 6.15. The maximum atomic E-state index is 11.8. The zero-order valence-electron chi connectivity index (χ0n) is 14.2. The van der Waals surface area contributed by atoms with E-state index in [-0.39, 0.29) is 5.91 Å². The minimum Gasteiger partial charge on any atom is -0.326 e. The Morgan fingerprint density at radius 3 is 2.00 bits per heavy atom. The zero-order valence-corrected chi connectivity index (χ0v) is 14.2. The van der Waals surface area contributed by atoms with E-state index in [0.717, 1.165) is 32.7 Å². The smallest absolute Gasteiger partial charge is 0.326 e. The predicted octanol–water partition coefficient (Wildman–Crippen LogP) is 6.10. The average Bonchev–Trinajstić information content (AvgIpc) is 2.67. The summed E-state index contributed by atoms with van der Waals surface area (Å²) >= 11 is 0. The molecule has 0 aliphatic carbocycles. The maximum absolute atomic E-state index is 11.8. The van der Waals surface area contributed by atoms with Gasteiger partial charge in [0.05, 0.1) is 5.56 Å². The first-order valence-corrected chi connectivity index (χ1v) is 8.35. The summed E-state index contributed by atoms with van der Waals surface area (Å²) in [6.45, 7) is 1.49. The topological polar surface area (TPSA) is 57.2 Å². The molecule has 4 nitrogen and oxygen atoms in total. The molecule has 0 aliphatic rings. The monoisotopic (exact) mass is 338 g/mol. The highest BCUT2D eigenvalue weighted by Crippen LogP contribution is 2.44. The Bertz CT molecular complexity index is 1210. The van der Waals surface area contributed by atoms with E-state index in [2.05, 4.69) is 10.3 Å². The molecule has 0 heterocycles. The fourth-order valence-electron chi connectivity index (χ4n) is 3.44. The maximum Gasteiger partial charge on any atom is 0.393 e. The SMILES string of the molecule is CC(=O)Nc1ccc2ccccc2c1-c1c([N+]#N)ccc2ccccc12. The van der Waals surface area contributed by atoms with Crippen LogP contribution in [0, 0.1) is 5.39 Å². The largest absolute Gasteiger partial charge is 0.393 e. The molecule has 4 aromatic carbocycles. The van der Waals surface area contributed by atoms with E-state index in [4.69, 9.17) is 0 Å². The normalized spacial score (nSPS) is 10.6. The number of benzene rings is 4. The fourth-order valence-corrected chi connectivity index (χ4v) is 3.44. The number of rotatable bonds is 2. The van der Waals surface area contributed by atoms with Gasteiger partial charge in [-0.2, -0.15) is 0 Å². The Hall–Kier alpha value is -3.71. The van der Waals surface area contributed by atoms with E-state index in [1.807, 2.05) is 66.7 Å². The molecule has 124 valence electrons. The molecule has 0 radical (unpaired) electrons. The molecule has 4 heteroatoms. The van der Waals surface area contributed by atoms with Crippen LogP contribution in [0.25, 0.3) is 37.6 Å². The van der Waals surface area contributed by atoms with Crippen LogP contribution in [-0.4, -0.2) is 5.91 Å². The summed E-state index contributed by atoms with van der Waals surface area (Å²) in [5, 5.41) is 16.6. The average molecular weight is 338 g/mol. The molecule has 0 spiro atoms. The van der Waals surface area contributed by atoms with Gasteiger partial charge in [0.25, 0.3) is 0 Å². The number of hydrogen-bond acceptors (Lipinski definition) is 2. The van der Waals surface area contributed by atoms with Gasteiger partial charge in [-0.15, -0.1) is 0 Å². The summed E-state index contributed by atoms with van der Waals surface area (Å²) in [5.74, 6) is -0.149. The molecule has 0 unspecified atom stereocenters. The fraction of sp³-hybridized carbons (Fsp3) is 0.0455. The molecule has 0 fully saturated rings. The van der Waals surface area contributed by atoms with E-state index >= 15 is 0 Å². The van der Waals surface area contributed by atoms with Gasteiger partial charge in [-0.25, -0.2) is 0 Å². The van der Waals surface area contributed by atoms with E-state index < -0.39 is 0 Å². The second kappa shape index (κ2) is 6.30. The minimum absolute atomic E-state index is 0.149. The third-order valence-corrected chi connectivity index (χ3v) is 4.50. The summed E-state index contributed by atoms with van der Waals surface area (Å²) in [6, 6.07) is 23.5. The zero-order chi connectivity index (χ0) is 18.1. The lowest BCUT2D eigenvalue weighted by atomic mass is 9.91. The van der Waals surface area contributed by atoms with Crippen LogP contribution < -0.4 is 5.32 Å². The molecule has 0 bridgehead atoms. The van der Waals surface area contributed by atoms with Crippen LogP contribution in [-0.2, 0) is 4.79 Å². The molecule has 1 N–H and O–H groups in total. The Balaban J connectivity index is 2.20. The molecule has 1 amide bonds. The van der Waals surface area contributed by atoms with Crippen molar-refractivity contribution in [2.75, 3.05) is 5.32 Å². The first kappa shape index (κ1) is 15.8. The summed E-state index contributed by atoms with van der Waals surface area (Å²) in [7, 11) is 0. The van der Waals surface area contributed by atoms with Gasteiger partial charge in [-0.05, 0) is 33.7 Å². The number of carbonyl (C=O) groups is 1. The third kappa shape index (κ3) is 2.56. The highest BCUT2D eigenvalue weighted by atomic mass is 16.1. The number of amides is 1. The molecule has 0 saturated carbocycles. The summed E-state index contributed by atoms with van der Waals surface area (Å²) in [4.78, 5) is 15.3. The van der Waals surface area contributed by atoms with Crippen LogP contribution in [0.5, 0.6) is 0 Å². The molecule has 4 rings (SSSR count). The number of fused-ring (bicyclic) bond motifs is 2. The lowest BCUT2D eigenvalue weighted by Crippen LogP contribution is -2.07. The Morgan fingerprint density at radius 1 is 0.808 bits per heavy atom. The molecular weight excluding hydrogens is 322 g/mol. The van der Waals surface area contributed by atoms with E-state index in [1.54, 1.807) is 6.07 Å². The van der Waals surface area contributed by atoms with Crippen molar-refractivity contribution in [3.63, 3.8) is 0 Å². The van der Waals surface area contributed by atoms with Gasteiger partial charge < -0.3 is 5.32 Å². The predicted molar refractivity (Wildman–Crippen MR) is 106 cm³/mol. The lowest BCUT2D eigenvalue weighted by molar-refractivity contribution is -0.114. The van der Waals surface area contributed by atoms with E-state index in [9.17, 15) is 10.2 Å².